The van der Waals surface area contributed by atoms with E-state index in [0.717, 1.165) is 53.6 Å². The first-order valence-electron chi connectivity index (χ1n) is 11.2. The number of hydrogen-bond donors (Lipinski definition) is 1. The van der Waals surface area contributed by atoms with Crippen LogP contribution in [0.5, 0.6) is 5.75 Å². The summed E-state index contributed by atoms with van der Waals surface area (Å²) >= 11 is 0. The first-order chi connectivity index (χ1) is 15.2. The average molecular weight is 462 g/mol. The van der Waals surface area contributed by atoms with Crippen molar-refractivity contribution >= 4 is 26.8 Å². The second-order valence-corrected chi connectivity index (χ2v) is 11.6. The molecule has 32 heavy (non-hydrogen) atoms. The number of rotatable bonds is 4. The van der Waals surface area contributed by atoms with Crippen molar-refractivity contribution in [3.8, 4) is 5.75 Å². The molecule has 0 bridgehead atoms. The van der Waals surface area contributed by atoms with Crippen LogP contribution >= 0.6 is 0 Å². The molecule has 9 heteroatoms. The number of aryl methyl sites for hydroxylation is 1. The molecule has 174 valence electrons. The van der Waals surface area contributed by atoms with Crippen molar-refractivity contribution in [3.05, 3.63) is 29.5 Å². The number of aliphatic hydroxyl groups is 1. The van der Waals surface area contributed by atoms with Crippen LogP contribution in [0.2, 0.25) is 0 Å². The number of ether oxygens (including phenoxy) is 1. The van der Waals surface area contributed by atoms with Gasteiger partial charge < -0.3 is 19.3 Å². The number of aromatic nitrogens is 1. The van der Waals surface area contributed by atoms with Crippen molar-refractivity contribution in [2.75, 3.05) is 39.6 Å². The lowest BCUT2D eigenvalue weighted by molar-refractivity contribution is -0.144. The Morgan fingerprint density at radius 1 is 1.22 bits per heavy atom. The first kappa shape index (κ1) is 21.7. The van der Waals surface area contributed by atoms with Crippen molar-refractivity contribution in [2.24, 2.45) is 13.0 Å². The zero-order valence-corrected chi connectivity index (χ0v) is 19.7. The lowest BCUT2D eigenvalue weighted by Gasteiger charge is -2.56. The van der Waals surface area contributed by atoms with Crippen LogP contribution in [0.3, 0.4) is 0 Å². The van der Waals surface area contributed by atoms with Gasteiger partial charge in [0, 0.05) is 55.2 Å². The average Bonchev–Trinajstić information content (AvgIpc) is 3.37. The van der Waals surface area contributed by atoms with Gasteiger partial charge in [-0.3, -0.25) is 4.79 Å². The monoisotopic (exact) mass is 461 g/mol. The van der Waals surface area contributed by atoms with Gasteiger partial charge in [0.05, 0.1) is 31.5 Å². The molecule has 1 spiro atoms. The summed E-state index contributed by atoms with van der Waals surface area (Å²) in [6, 6.07) is 5.21. The molecule has 1 saturated carbocycles. The Morgan fingerprint density at radius 3 is 2.50 bits per heavy atom. The minimum Gasteiger partial charge on any atom is -0.497 e. The lowest BCUT2D eigenvalue weighted by Crippen LogP contribution is -2.68. The molecule has 1 aromatic heterocycles. The van der Waals surface area contributed by atoms with Gasteiger partial charge in [-0.15, -0.1) is 0 Å². The molecule has 1 aromatic carbocycles. The molecular weight excluding hydrogens is 430 g/mol. The Morgan fingerprint density at radius 2 is 1.91 bits per heavy atom. The predicted octanol–water partition coefficient (Wildman–Crippen LogP) is 1.77. The quantitative estimate of drug-likeness (QED) is 0.749. The van der Waals surface area contributed by atoms with Crippen molar-refractivity contribution in [3.63, 3.8) is 0 Å². The summed E-state index contributed by atoms with van der Waals surface area (Å²) in [5.74, 6) is 1.02. The second kappa shape index (κ2) is 7.46. The van der Waals surface area contributed by atoms with Gasteiger partial charge in [-0.1, -0.05) is 12.8 Å². The molecule has 1 aliphatic carbocycles. The van der Waals surface area contributed by atoms with Gasteiger partial charge in [-0.25, -0.2) is 8.42 Å². The highest BCUT2D eigenvalue weighted by atomic mass is 32.2. The standard InChI is InChI=1S/C23H31N3O5S/c1-24-18-10-16(31-2)8-9-17(18)20-21(24)19(11-27)26(32(3,29)30)14-23(20)12-25(13-23)22(28)15-6-4-5-7-15/h8-10,15,19,27H,4-7,11-14H2,1-3H3/t19-/m0/s1. The molecule has 1 saturated heterocycles. The zero-order valence-electron chi connectivity index (χ0n) is 18.9. The Bertz CT molecular complexity index is 1180. The normalized spacial score (nSPS) is 23.5. The van der Waals surface area contributed by atoms with Gasteiger partial charge in [0.2, 0.25) is 15.9 Å². The molecule has 2 fully saturated rings. The highest BCUT2D eigenvalue weighted by molar-refractivity contribution is 7.88. The SMILES string of the molecule is COc1ccc2c3c(n(C)c2c1)[C@H](CO)N(S(C)(=O)=O)CC31CN(C(=O)C2CCCC2)C1. The number of aliphatic hydroxyl groups excluding tert-OH is 1. The van der Waals surface area contributed by atoms with Crippen LogP contribution < -0.4 is 4.74 Å². The number of methoxy groups -OCH3 is 1. The van der Waals surface area contributed by atoms with Crippen molar-refractivity contribution < 1.29 is 23.1 Å². The van der Waals surface area contributed by atoms with E-state index in [9.17, 15) is 18.3 Å². The van der Waals surface area contributed by atoms with Crippen LogP contribution in [0.15, 0.2) is 18.2 Å². The zero-order chi connectivity index (χ0) is 22.8. The van der Waals surface area contributed by atoms with Gasteiger partial charge in [0.1, 0.15) is 5.75 Å². The topological polar surface area (TPSA) is 92.1 Å². The Labute approximate surface area is 188 Å². The van der Waals surface area contributed by atoms with Crippen LogP contribution in [-0.4, -0.2) is 72.8 Å². The minimum atomic E-state index is -3.57. The predicted molar refractivity (Wildman–Crippen MR) is 121 cm³/mol. The van der Waals surface area contributed by atoms with Gasteiger partial charge in [-0.05, 0) is 30.5 Å². The number of amides is 1. The summed E-state index contributed by atoms with van der Waals surface area (Å²) in [5.41, 5.74) is 2.32. The molecule has 5 rings (SSSR count). The van der Waals surface area contributed by atoms with E-state index in [4.69, 9.17) is 4.74 Å². The molecule has 1 amide bonds. The molecule has 3 heterocycles. The number of nitrogens with zero attached hydrogens (tertiary/aromatic N) is 3. The van der Waals surface area contributed by atoms with E-state index in [2.05, 4.69) is 0 Å². The molecule has 2 aromatic rings. The summed E-state index contributed by atoms with van der Waals surface area (Å²) < 4.78 is 34.3. The Balaban J connectivity index is 1.64. The Hall–Kier alpha value is -2.10. The fraction of sp³-hybridized carbons (Fsp3) is 0.609. The van der Waals surface area contributed by atoms with Crippen LogP contribution in [0.4, 0.5) is 0 Å². The third-order valence-corrected chi connectivity index (χ3v) is 8.94. The number of sulfonamides is 1. The number of likely N-dealkylation sites (tertiary alicyclic amines) is 1. The summed E-state index contributed by atoms with van der Waals surface area (Å²) in [6.45, 7) is 0.973. The Kier molecular flexibility index (Phi) is 5.07. The molecule has 8 nitrogen and oxygen atoms in total. The largest absolute Gasteiger partial charge is 0.497 e. The third kappa shape index (κ3) is 3.08. The van der Waals surface area contributed by atoms with E-state index < -0.39 is 21.5 Å². The maximum absolute atomic E-state index is 13.0. The summed E-state index contributed by atoms with van der Waals surface area (Å²) in [4.78, 5) is 15.0. The van der Waals surface area contributed by atoms with Crippen LogP contribution in [0.1, 0.15) is 43.0 Å². The maximum atomic E-state index is 13.0. The molecule has 1 atom stereocenters. The van der Waals surface area contributed by atoms with Gasteiger partial charge in [0.15, 0.2) is 0 Å². The summed E-state index contributed by atoms with van der Waals surface area (Å²) in [7, 11) is -0.0431. The van der Waals surface area contributed by atoms with E-state index in [1.165, 1.54) is 10.6 Å². The van der Waals surface area contributed by atoms with E-state index in [0.29, 0.717) is 13.1 Å². The van der Waals surface area contributed by atoms with Crippen LogP contribution in [-0.2, 0) is 27.3 Å². The molecule has 3 aliphatic rings. The number of carbonyl (C=O) groups excluding carboxylic acids is 1. The number of hydrogen-bond acceptors (Lipinski definition) is 5. The molecule has 0 unspecified atom stereocenters. The number of benzene rings is 1. The molecule has 2 aliphatic heterocycles. The molecule has 0 radical (unpaired) electrons. The van der Waals surface area contributed by atoms with E-state index in [1.807, 2.05) is 34.7 Å². The van der Waals surface area contributed by atoms with E-state index in [-0.39, 0.29) is 25.0 Å². The van der Waals surface area contributed by atoms with Gasteiger partial charge >= 0.3 is 0 Å². The fourth-order valence-corrected chi connectivity index (χ4v) is 7.30. The second-order valence-electron chi connectivity index (χ2n) is 9.66. The number of fused-ring (bicyclic) bond motifs is 4. The summed E-state index contributed by atoms with van der Waals surface area (Å²) in [6.07, 6.45) is 5.29. The first-order valence-corrected chi connectivity index (χ1v) is 13.1. The number of carbonyl (C=O) groups is 1. The highest BCUT2D eigenvalue weighted by Gasteiger charge is 2.56. The summed E-state index contributed by atoms with van der Waals surface area (Å²) in [5, 5.41) is 11.3. The molecule has 1 N–H and O–H groups in total. The maximum Gasteiger partial charge on any atom is 0.225 e. The van der Waals surface area contributed by atoms with Gasteiger partial charge in [-0.2, -0.15) is 4.31 Å². The van der Waals surface area contributed by atoms with Crippen molar-refractivity contribution in [2.45, 2.75) is 37.1 Å². The highest BCUT2D eigenvalue weighted by Crippen LogP contribution is 2.50. The van der Waals surface area contributed by atoms with Crippen LogP contribution in [0, 0.1) is 5.92 Å². The van der Waals surface area contributed by atoms with Crippen molar-refractivity contribution in [1.29, 1.82) is 0 Å². The molecular formula is C23H31N3O5S. The lowest BCUT2D eigenvalue weighted by atomic mass is 9.69. The van der Waals surface area contributed by atoms with Crippen molar-refractivity contribution in [1.82, 2.24) is 13.8 Å². The minimum absolute atomic E-state index is 0.100. The third-order valence-electron chi connectivity index (χ3n) is 7.71. The smallest absolute Gasteiger partial charge is 0.225 e. The van der Waals surface area contributed by atoms with E-state index >= 15 is 0 Å². The van der Waals surface area contributed by atoms with Gasteiger partial charge in [0.25, 0.3) is 0 Å². The van der Waals surface area contributed by atoms with E-state index in [1.54, 1.807) is 7.11 Å². The van der Waals surface area contributed by atoms with Crippen LogP contribution in [0.25, 0.3) is 10.9 Å². The fourth-order valence-electron chi connectivity index (χ4n) is 6.19.